The predicted molar refractivity (Wildman–Crippen MR) is 79.5 cm³/mol. The van der Waals surface area contributed by atoms with Gasteiger partial charge in [0.1, 0.15) is 11.5 Å². The molecule has 0 unspecified atom stereocenters. The average molecular weight is 360 g/mol. The Hall–Kier alpha value is -1.66. The number of hydrogen-bond donors (Lipinski definition) is 1. The van der Waals surface area contributed by atoms with Crippen LogP contribution in [0.25, 0.3) is 0 Å². The van der Waals surface area contributed by atoms with E-state index in [0.717, 1.165) is 17.7 Å². The summed E-state index contributed by atoms with van der Waals surface area (Å²) in [6, 6.07) is 9.24. The molecule has 0 aliphatic carbocycles. The molecule has 0 fully saturated rings. The molecule has 0 aromatic heterocycles. The zero-order valence-electron chi connectivity index (χ0n) is 10.1. The van der Waals surface area contributed by atoms with E-state index in [1.165, 1.54) is 0 Å². The van der Waals surface area contributed by atoms with E-state index >= 15 is 0 Å². The summed E-state index contributed by atoms with van der Waals surface area (Å²) in [6.45, 7) is 0.332. The van der Waals surface area contributed by atoms with Crippen molar-refractivity contribution in [1.29, 1.82) is 0 Å². The number of hydrogen-bond acceptors (Lipinski definition) is 3. The van der Waals surface area contributed by atoms with Gasteiger partial charge < -0.3 is 5.32 Å². The standard InChI is InChI=1S/C13H9BrClFN2O2/c14-10-5-13(18(19)20)12(6-11(10)16)17-7-8-1-3-9(15)4-2-8/h1-6,17H,7H2. The second kappa shape index (κ2) is 6.19. The number of halogens is 3. The lowest BCUT2D eigenvalue weighted by Crippen LogP contribution is -2.03. The smallest absolute Gasteiger partial charge is 0.293 e. The van der Waals surface area contributed by atoms with E-state index in [9.17, 15) is 14.5 Å². The largest absolute Gasteiger partial charge is 0.375 e. The fraction of sp³-hybridized carbons (Fsp3) is 0.0769. The number of anilines is 1. The molecule has 0 spiro atoms. The van der Waals surface area contributed by atoms with Gasteiger partial charge in [-0.3, -0.25) is 10.1 Å². The molecule has 0 aliphatic heterocycles. The normalized spacial score (nSPS) is 10.3. The molecular formula is C13H9BrClFN2O2. The van der Waals surface area contributed by atoms with E-state index in [2.05, 4.69) is 21.2 Å². The summed E-state index contributed by atoms with van der Waals surface area (Å²) < 4.78 is 13.5. The van der Waals surface area contributed by atoms with Crippen molar-refractivity contribution in [3.05, 3.63) is 67.4 Å². The fourth-order valence-electron chi connectivity index (χ4n) is 1.63. The van der Waals surface area contributed by atoms with Gasteiger partial charge in [0.05, 0.1) is 9.40 Å². The summed E-state index contributed by atoms with van der Waals surface area (Å²) >= 11 is 8.70. The molecule has 1 N–H and O–H groups in total. The molecule has 0 radical (unpaired) electrons. The summed E-state index contributed by atoms with van der Waals surface area (Å²) in [5.41, 5.74) is 0.824. The van der Waals surface area contributed by atoms with Crippen LogP contribution >= 0.6 is 27.5 Å². The van der Waals surface area contributed by atoms with Gasteiger partial charge in [-0.2, -0.15) is 0 Å². The zero-order chi connectivity index (χ0) is 14.7. The quantitative estimate of drug-likeness (QED) is 0.632. The number of benzene rings is 2. The van der Waals surface area contributed by atoms with Crippen LogP contribution in [0.2, 0.25) is 5.02 Å². The highest BCUT2D eigenvalue weighted by molar-refractivity contribution is 9.10. The molecule has 0 amide bonds. The SMILES string of the molecule is O=[N+]([O-])c1cc(Br)c(F)cc1NCc1ccc(Cl)cc1. The van der Waals surface area contributed by atoms with E-state index in [-0.39, 0.29) is 15.8 Å². The highest BCUT2D eigenvalue weighted by Crippen LogP contribution is 2.30. The van der Waals surface area contributed by atoms with Gasteiger partial charge >= 0.3 is 0 Å². The van der Waals surface area contributed by atoms with E-state index in [4.69, 9.17) is 11.6 Å². The lowest BCUT2D eigenvalue weighted by atomic mass is 10.2. The van der Waals surface area contributed by atoms with Gasteiger partial charge in [-0.05, 0) is 33.6 Å². The monoisotopic (exact) mass is 358 g/mol. The molecule has 0 atom stereocenters. The summed E-state index contributed by atoms with van der Waals surface area (Å²) in [5.74, 6) is -0.561. The Bertz CT molecular complexity index is 650. The molecule has 0 aliphatic rings. The summed E-state index contributed by atoms with van der Waals surface area (Å²) in [6.07, 6.45) is 0. The first-order chi connectivity index (χ1) is 9.47. The minimum atomic E-state index is -0.561. The van der Waals surface area contributed by atoms with Crippen LogP contribution in [-0.4, -0.2) is 4.92 Å². The lowest BCUT2D eigenvalue weighted by molar-refractivity contribution is -0.384. The van der Waals surface area contributed by atoms with Crippen LogP contribution in [0.4, 0.5) is 15.8 Å². The lowest BCUT2D eigenvalue weighted by Gasteiger charge is -2.08. The van der Waals surface area contributed by atoms with Crippen LogP contribution in [0.15, 0.2) is 40.9 Å². The molecule has 0 bridgehead atoms. The molecule has 2 aromatic rings. The van der Waals surface area contributed by atoms with E-state index in [0.29, 0.717) is 11.6 Å². The van der Waals surface area contributed by atoms with Crippen molar-refractivity contribution in [3.63, 3.8) is 0 Å². The third kappa shape index (κ3) is 3.46. The van der Waals surface area contributed by atoms with Crippen molar-refractivity contribution < 1.29 is 9.31 Å². The zero-order valence-corrected chi connectivity index (χ0v) is 12.4. The van der Waals surface area contributed by atoms with Gasteiger partial charge in [-0.1, -0.05) is 23.7 Å². The number of rotatable bonds is 4. The molecule has 104 valence electrons. The average Bonchev–Trinajstić information content (AvgIpc) is 2.41. The van der Waals surface area contributed by atoms with Gasteiger partial charge in [-0.25, -0.2) is 4.39 Å². The summed E-state index contributed by atoms with van der Waals surface area (Å²) in [5, 5.41) is 14.4. The van der Waals surface area contributed by atoms with Gasteiger partial charge in [0.2, 0.25) is 0 Å². The van der Waals surface area contributed by atoms with Crippen molar-refractivity contribution in [3.8, 4) is 0 Å². The van der Waals surface area contributed by atoms with Crippen LogP contribution in [0.5, 0.6) is 0 Å². The van der Waals surface area contributed by atoms with Crippen LogP contribution < -0.4 is 5.32 Å². The molecule has 2 aromatic carbocycles. The number of nitrogens with zero attached hydrogens (tertiary/aromatic N) is 1. The molecule has 4 nitrogen and oxygen atoms in total. The first-order valence-electron chi connectivity index (χ1n) is 5.59. The Morgan fingerprint density at radius 1 is 1.30 bits per heavy atom. The molecule has 0 saturated carbocycles. The van der Waals surface area contributed by atoms with Crippen molar-refractivity contribution in [2.45, 2.75) is 6.54 Å². The minimum absolute atomic E-state index is 0.0567. The maximum Gasteiger partial charge on any atom is 0.293 e. The molecule has 0 saturated heterocycles. The van der Waals surface area contributed by atoms with Gasteiger partial charge in [0.25, 0.3) is 5.69 Å². The Morgan fingerprint density at radius 3 is 2.55 bits per heavy atom. The molecule has 7 heteroatoms. The van der Waals surface area contributed by atoms with E-state index in [1.54, 1.807) is 24.3 Å². The number of nitro groups is 1. The molecule has 20 heavy (non-hydrogen) atoms. The Morgan fingerprint density at radius 2 is 1.95 bits per heavy atom. The van der Waals surface area contributed by atoms with Crippen molar-refractivity contribution in [2.24, 2.45) is 0 Å². The van der Waals surface area contributed by atoms with Gasteiger partial charge in [0.15, 0.2) is 0 Å². The fourth-order valence-corrected chi connectivity index (χ4v) is 2.09. The minimum Gasteiger partial charge on any atom is -0.375 e. The molecular weight excluding hydrogens is 351 g/mol. The predicted octanol–water partition coefficient (Wildman–Crippen LogP) is 4.76. The third-order valence-corrected chi connectivity index (χ3v) is 3.49. The second-order valence-electron chi connectivity index (χ2n) is 4.02. The van der Waals surface area contributed by atoms with Crippen LogP contribution in [0, 0.1) is 15.9 Å². The molecule has 0 heterocycles. The van der Waals surface area contributed by atoms with Crippen molar-refractivity contribution in [2.75, 3.05) is 5.32 Å². The maximum absolute atomic E-state index is 13.5. The van der Waals surface area contributed by atoms with Crippen LogP contribution in [0.1, 0.15) is 5.56 Å². The van der Waals surface area contributed by atoms with E-state index < -0.39 is 10.7 Å². The number of nitrogens with one attached hydrogen (secondary N) is 1. The Labute approximate surface area is 127 Å². The second-order valence-corrected chi connectivity index (χ2v) is 5.31. The van der Waals surface area contributed by atoms with Crippen molar-refractivity contribution >= 4 is 38.9 Å². The van der Waals surface area contributed by atoms with E-state index in [1.807, 2.05) is 0 Å². The Kier molecular flexibility index (Phi) is 4.57. The van der Waals surface area contributed by atoms with Gasteiger partial charge in [0, 0.05) is 23.7 Å². The van der Waals surface area contributed by atoms with Crippen LogP contribution in [-0.2, 0) is 6.54 Å². The Balaban J connectivity index is 2.22. The topological polar surface area (TPSA) is 55.2 Å². The summed E-state index contributed by atoms with van der Waals surface area (Å²) in [7, 11) is 0. The van der Waals surface area contributed by atoms with Crippen LogP contribution in [0.3, 0.4) is 0 Å². The summed E-state index contributed by atoms with van der Waals surface area (Å²) in [4.78, 5) is 10.4. The highest BCUT2D eigenvalue weighted by Gasteiger charge is 2.17. The maximum atomic E-state index is 13.5. The first-order valence-corrected chi connectivity index (χ1v) is 6.76. The first kappa shape index (κ1) is 14.7. The highest BCUT2D eigenvalue weighted by atomic mass is 79.9. The van der Waals surface area contributed by atoms with Crippen molar-refractivity contribution in [1.82, 2.24) is 0 Å². The third-order valence-electron chi connectivity index (χ3n) is 2.63. The molecule has 2 rings (SSSR count). The van der Waals surface area contributed by atoms with Gasteiger partial charge in [-0.15, -0.1) is 0 Å². The number of nitro benzene ring substituents is 1.